The molecule has 1 aromatic rings. The van der Waals surface area contributed by atoms with Crippen LogP contribution < -0.4 is 10.1 Å². The van der Waals surface area contributed by atoms with Gasteiger partial charge in [0, 0.05) is 24.4 Å². The van der Waals surface area contributed by atoms with Crippen LogP contribution in [0.15, 0.2) is 6.07 Å². The molecule has 1 N–H and O–H groups in total. The fraction of sp³-hybridized carbons (Fsp3) is 0.688. The van der Waals surface area contributed by atoms with Crippen LogP contribution in [0.3, 0.4) is 0 Å². The summed E-state index contributed by atoms with van der Waals surface area (Å²) in [7, 11) is 0. The van der Waals surface area contributed by atoms with Crippen LogP contribution in [0.5, 0.6) is 5.88 Å². The predicted molar refractivity (Wildman–Crippen MR) is 80.2 cm³/mol. The summed E-state index contributed by atoms with van der Waals surface area (Å²) < 4.78 is 11.5. The number of rotatable bonds is 7. The first-order valence-corrected chi connectivity index (χ1v) is 7.63. The normalized spacial score (nSPS) is 18.4. The molecule has 1 aliphatic rings. The Labute approximate surface area is 121 Å². The lowest BCUT2D eigenvalue weighted by molar-refractivity contribution is 0.0658. The number of nitrogens with zero attached hydrogens (tertiary/aromatic N) is 1. The minimum Gasteiger partial charge on any atom is -0.475 e. The molecule has 1 saturated heterocycles. The van der Waals surface area contributed by atoms with Crippen molar-refractivity contribution >= 4 is 0 Å². The highest BCUT2D eigenvalue weighted by Gasteiger charge is 2.18. The van der Waals surface area contributed by atoms with Gasteiger partial charge in [0.15, 0.2) is 0 Å². The van der Waals surface area contributed by atoms with Gasteiger partial charge in [-0.3, -0.25) is 0 Å². The van der Waals surface area contributed by atoms with Gasteiger partial charge in [-0.1, -0.05) is 6.92 Å². The molecule has 20 heavy (non-hydrogen) atoms. The molecule has 0 saturated carbocycles. The first-order valence-electron chi connectivity index (χ1n) is 7.63. The highest BCUT2D eigenvalue weighted by atomic mass is 16.5. The van der Waals surface area contributed by atoms with Crippen molar-refractivity contribution in [2.45, 2.75) is 52.7 Å². The molecule has 1 aliphatic heterocycles. The van der Waals surface area contributed by atoms with Gasteiger partial charge in [0.25, 0.3) is 0 Å². The maximum absolute atomic E-state index is 5.94. The van der Waals surface area contributed by atoms with Crippen molar-refractivity contribution in [3.8, 4) is 5.88 Å². The zero-order valence-corrected chi connectivity index (χ0v) is 12.9. The summed E-state index contributed by atoms with van der Waals surface area (Å²) in [4.78, 5) is 4.56. The molecule has 2 rings (SSSR count). The van der Waals surface area contributed by atoms with E-state index >= 15 is 0 Å². The van der Waals surface area contributed by atoms with E-state index in [-0.39, 0.29) is 6.10 Å². The van der Waals surface area contributed by atoms with E-state index in [4.69, 9.17) is 9.47 Å². The lowest BCUT2D eigenvalue weighted by Gasteiger charge is -2.16. The second-order valence-electron chi connectivity index (χ2n) is 5.49. The van der Waals surface area contributed by atoms with Crippen LogP contribution in [0.4, 0.5) is 0 Å². The lowest BCUT2D eigenvalue weighted by atomic mass is 10.1. The quantitative estimate of drug-likeness (QED) is 0.779. The van der Waals surface area contributed by atoms with E-state index in [1.165, 1.54) is 11.1 Å². The van der Waals surface area contributed by atoms with Gasteiger partial charge in [-0.25, -0.2) is 4.98 Å². The molecule has 0 amide bonds. The molecule has 0 bridgehead atoms. The summed E-state index contributed by atoms with van der Waals surface area (Å²) in [5, 5.41) is 3.43. The van der Waals surface area contributed by atoms with Crippen LogP contribution in [-0.2, 0) is 11.3 Å². The van der Waals surface area contributed by atoms with Gasteiger partial charge in [0.1, 0.15) is 6.61 Å². The third-order valence-corrected chi connectivity index (χ3v) is 3.60. The minimum atomic E-state index is 0.231. The Kier molecular flexibility index (Phi) is 5.80. The fourth-order valence-electron chi connectivity index (χ4n) is 2.50. The van der Waals surface area contributed by atoms with Crippen LogP contribution >= 0.6 is 0 Å². The Balaban J connectivity index is 2.03. The second-order valence-corrected chi connectivity index (χ2v) is 5.49. The third-order valence-electron chi connectivity index (χ3n) is 3.60. The van der Waals surface area contributed by atoms with Crippen molar-refractivity contribution in [1.29, 1.82) is 0 Å². The molecule has 112 valence electrons. The predicted octanol–water partition coefficient (Wildman–Crippen LogP) is 2.76. The van der Waals surface area contributed by atoms with E-state index in [1.807, 2.05) is 6.92 Å². The summed E-state index contributed by atoms with van der Waals surface area (Å²) in [5.74, 6) is 0.765. The van der Waals surface area contributed by atoms with Crippen LogP contribution in [0.1, 0.15) is 43.0 Å². The van der Waals surface area contributed by atoms with Crippen LogP contribution in [0.25, 0.3) is 0 Å². The van der Waals surface area contributed by atoms with E-state index in [9.17, 15) is 0 Å². The number of aromatic nitrogens is 1. The Morgan fingerprint density at radius 2 is 2.30 bits per heavy atom. The van der Waals surface area contributed by atoms with Crippen LogP contribution in [0, 0.1) is 13.8 Å². The molecule has 1 atom stereocenters. The third kappa shape index (κ3) is 4.18. The smallest absolute Gasteiger partial charge is 0.218 e. The molecule has 2 heterocycles. The molecular formula is C16H26N2O2. The van der Waals surface area contributed by atoms with Crippen molar-refractivity contribution < 1.29 is 9.47 Å². The van der Waals surface area contributed by atoms with E-state index in [0.717, 1.165) is 50.5 Å². The van der Waals surface area contributed by atoms with Crippen molar-refractivity contribution in [3.05, 3.63) is 22.9 Å². The summed E-state index contributed by atoms with van der Waals surface area (Å²) >= 11 is 0. The SMILES string of the molecule is CCCNCc1c(C)cc(C)nc1OCC1CCCO1. The van der Waals surface area contributed by atoms with Crippen molar-refractivity contribution in [3.63, 3.8) is 0 Å². The lowest BCUT2D eigenvalue weighted by Crippen LogP contribution is -2.20. The Morgan fingerprint density at radius 1 is 1.45 bits per heavy atom. The molecule has 0 aliphatic carbocycles. The van der Waals surface area contributed by atoms with E-state index in [1.54, 1.807) is 0 Å². The van der Waals surface area contributed by atoms with Crippen LogP contribution in [-0.4, -0.2) is 30.8 Å². The van der Waals surface area contributed by atoms with Crippen molar-refractivity contribution in [1.82, 2.24) is 10.3 Å². The summed E-state index contributed by atoms with van der Waals surface area (Å²) in [6, 6.07) is 2.11. The molecule has 0 aromatic carbocycles. The summed E-state index contributed by atoms with van der Waals surface area (Å²) in [6.07, 6.45) is 3.59. The first kappa shape index (κ1) is 15.3. The summed E-state index contributed by atoms with van der Waals surface area (Å²) in [5.41, 5.74) is 3.41. The molecular weight excluding hydrogens is 252 g/mol. The number of nitrogens with one attached hydrogen (secondary N) is 1. The van der Waals surface area contributed by atoms with Gasteiger partial charge >= 0.3 is 0 Å². The number of ether oxygens (including phenoxy) is 2. The molecule has 4 heteroatoms. The highest BCUT2D eigenvalue weighted by molar-refractivity contribution is 5.35. The van der Waals surface area contributed by atoms with Gasteiger partial charge in [-0.05, 0) is 51.3 Å². The van der Waals surface area contributed by atoms with Crippen molar-refractivity contribution in [2.75, 3.05) is 19.8 Å². The number of hydrogen-bond donors (Lipinski definition) is 1. The molecule has 1 fully saturated rings. The van der Waals surface area contributed by atoms with Gasteiger partial charge in [-0.15, -0.1) is 0 Å². The molecule has 1 aromatic heterocycles. The topological polar surface area (TPSA) is 43.4 Å². The number of aryl methyl sites for hydroxylation is 2. The Hall–Kier alpha value is -1.13. The van der Waals surface area contributed by atoms with E-state index in [2.05, 4.69) is 30.2 Å². The highest BCUT2D eigenvalue weighted by Crippen LogP contribution is 2.22. The Morgan fingerprint density at radius 3 is 3.00 bits per heavy atom. The minimum absolute atomic E-state index is 0.231. The van der Waals surface area contributed by atoms with Crippen LogP contribution in [0.2, 0.25) is 0 Å². The van der Waals surface area contributed by atoms with Gasteiger partial charge in [-0.2, -0.15) is 0 Å². The standard InChI is InChI=1S/C16H26N2O2/c1-4-7-17-10-15-12(2)9-13(3)18-16(15)20-11-14-6-5-8-19-14/h9,14,17H,4-8,10-11H2,1-3H3. The molecule has 0 radical (unpaired) electrons. The monoisotopic (exact) mass is 278 g/mol. The van der Waals surface area contributed by atoms with Crippen molar-refractivity contribution in [2.24, 2.45) is 0 Å². The molecule has 1 unspecified atom stereocenters. The second kappa shape index (κ2) is 7.60. The first-order chi connectivity index (χ1) is 9.70. The number of hydrogen-bond acceptors (Lipinski definition) is 4. The average Bonchev–Trinajstić information content (AvgIpc) is 2.92. The van der Waals surface area contributed by atoms with Gasteiger partial charge < -0.3 is 14.8 Å². The average molecular weight is 278 g/mol. The van der Waals surface area contributed by atoms with Gasteiger partial charge in [0.2, 0.25) is 5.88 Å². The van der Waals surface area contributed by atoms with Gasteiger partial charge in [0.05, 0.1) is 6.10 Å². The van der Waals surface area contributed by atoms with E-state index in [0.29, 0.717) is 6.61 Å². The molecule has 4 nitrogen and oxygen atoms in total. The maximum atomic E-state index is 5.94. The fourth-order valence-corrected chi connectivity index (χ4v) is 2.50. The Bertz CT molecular complexity index is 429. The number of pyridine rings is 1. The molecule has 0 spiro atoms. The van der Waals surface area contributed by atoms with E-state index < -0.39 is 0 Å². The maximum Gasteiger partial charge on any atom is 0.218 e. The zero-order valence-electron chi connectivity index (χ0n) is 12.9. The summed E-state index contributed by atoms with van der Waals surface area (Å²) in [6.45, 7) is 9.59. The zero-order chi connectivity index (χ0) is 14.4. The largest absolute Gasteiger partial charge is 0.475 e.